The Kier molecular flexibility index (Phi) is 10.5. The maximum Gasteiger partial charge on any atom is 0.330 e. The second-order valence-electron chi connectivity index (χ2n) is 9.96. The number of allylic oxidation sites excluding steroid dienone is 1. The molecule has 182 valence electrons. The minimum absolute atomic E-state index is 0.0214. The molecule has 0 amide bonds. The summed E-state index contributed by atoms with van der Waals surface area (Å²) in [5.41, 5.74) is 1.32. The number of unbranched alkanes of at least 4 members (excludes halogenated alkanes) is 3. The standard InChI is InChI=1S/C29H42O4/c1-3-5-6-7-9-22-10-18-27(19-11-22)33-29(31)25-14-12-23(13-15-25)24-16-20-26(21-17-24)32-28(30)8-4-2/h4,8,10-11,18-19,23-26H,3,5-7,9,12-17,20-21H2,1-2H3. The van der Waals surface area contributed by atoms with Crippen LogP contribution in [0.3, 0.4) is 0 Å². The van der Waals surface area contributed by atoms with Gasteiger partial charge in [0.05, 0.1) is 5.92 Å². The first-order valence-corrected chi connectivity index (χ1v) is 13.2. The number of benzene rings is 1. The number of aryl methyl sites for hydroxylation is 1. The van der Waals surface area contributed by atoms with E-state index in [9.17, 15) is 9.59 Å². The first-order chi connectivity index (χ1) is 16.1. The van der Waals surface area contributed by atoms with Crippen LogP contribution in [0.1, 0.15) is 96.5 Å². The molecule has 3 rings (SSSR count). The molecule has 0 unspecified atom stereocenters. The lowest BCUT2D eigenvalue weighted by molar-refractivity contribution is -0.145. The molecule has 2 aliphatic carbocycles. The molecule has 2 aliphatic rings. The molecule has 0 N–H and O–H groups in total. The van der Waals surface area contributed by atoms with Gasteiger partial charge in [-0.15, -0.1) is 0 Å². The van der Waals surface area contributed by atoms with E-state index in [1.54, 1.807) is 6.08 Å². The monoisotopic (exact) mass is 454 g/mol. The highest BCUT2D eigenvalue weighted by molar-refractivity contribution is 5.81. The van der Waals surface area contributed by atoms with Gasteiger partial charge in [0.25, 0.3) is 0 Å². The molecule has 1 aromatic carbocycles. The predicted octanol–water partition coefficient (Wildman–Crippen LogP) is 7.20. The molecular formula is C29H42O4. The van der Waals surface area contributed by atoms with Crippen LogP contribution in [0.15, 0.2) is 36.4 Å². The van der Waals surface area contributed by atoms with Gasteiger partial charge >= 0.3 is 11.9 Å². The molecule has 0 aromatic heterocycles. The SMILES string of the molecule is CC=CC(=O)OC1CCC(C2CCC(C(=O)Oc3ccc(CCCCCC)cc3)CC2)CC1. The van der Waals surface area contributed by atoms with E-state index in [0.717, 1.165) is 57.8 Å². The van der Waals surface area contributed by atoms with Gasteiger partial charge in [-0.05, 0) is 101 Å². The van der Waals surface area contributed by atoms with Crippen molar-refractivity contribution in [3.63, 3.8) is 0 Å². The van der Waals surface area contributed by atoms with E-state index >= 15 is 0 Å². The fraction of sp³-hybridized carbons (Fsp3) is 0.655. The molecule has 0 heterocycles. The lowest BCUT2D eigenvalue weighted by atomic mass is 9.70. The highest BCUT2D eigenvalue weighted by atomic mass is 16.5. The average Bonchev–Trinajstić information content (AvgIpc) is 2.83. The van der Waals surface area contributed by atoms with Crippen LogP contribution in [0, 0.1) is 17.8 Å². The van der Waals surface area contributed by atoms with Crippen LogP contribution in [0.25, 0.3) is 0 Å². The van der Waals surface area contributed by atoms with Crippen molar-refractivity contribution in [1.29, 1.82) is 0 Å². The van der Waals surface area contributed by atoms with Crippen molar-refractivity contribution in [2.45, 2.75) is 103 Å². The zero-order valence-corrected chi connectivity index (χ0v) is 20.6. The van der Waals surface area contributed by atoms with E-state index in [1.807, 2.05) is 19.1 Å². The van der Waals surface area contributed by atoms with Gasteiger partial charge in [0, 0.05) is 6.08 Å². The van der Waals surface area contributed by atoms with Crippen LogP contribution in [0.4, 0.5) is 0 Å². The number of hydrogen-bond acceptors (Lipinski definition) is 4. The summed E-state index contributed by atoms with van der Waals surface area (Å²) in [5, 5.41) is 0. The summed E-state index contributed by atoms with van der Waals surface area (Å²) in [4.78, 5) is 24.4. The van der Waals surface area contributed by atoms with Crippen molar-refractivity contribution in [3.05, 3.63) is 42.0 Å². The third-order valence-electron chi connectivity index (χ3n) is 7.54. The first-order valence-electron chi connectivity index (χ1n) is 13.2. The summed E-state index contributed by atoms with van der Waals surface area (Å²) >= 11 is 0. The predicted molar refractivity (Wildman–Crippen MR) is 132 cm³/mol. The van der Waals surface area contributed by atoms with Crippen LogP contribution in [-0.2, 0) is 20.7 Å². The second-order valence-corrected chi connectivity index (χ2v) is 9.96. The smallest absolute Gasteiger partial charge is 0.330 e. The maximum atomic E-state index is 12.7. The molecule has 0 radical (unpaired) electrons. The van der Waals surface area contributed by atoms with E-state index in [2.05, 4.69) is 19.1 Å². The van der Waals surface area contributed by atoms with E-state index in [0.29, 0.717) is 17.6 Å². The summed E-state index contributed by atoms with van der Waals surface area (Å²) in [7, 11) is 0. The molecule has 4 nitrogen and oxygen atoms in total. The van der Waals surface area contributed by atoms with Gasteiger partial charge in [0.1, 0.15) is 11.9 Å². The fourth-order valence-corrected chi connectivity index (χ4v) is 5.52. The Morgan fingerprint density at radius 3 is 2.12 bits per heavy atom. The molecular weight excluding hydrogens is 412 g/mol. The molecule has 33 heavy (non-hydrogen) atoms. The molecule has 0 aliphatic heterocycles. The third-order valence-corrected chi connectivity index (χ3v) is 7.54. The maximum absolute atomic E-state index is 12.7. The number of carbonyl (C=O) groups is 2. The van der Waals surface area contributed by atoms with Crippen molar-refractivity contribution in [3.8, 4) is 5.75 Å². The average molecular weight is 455 g/mol. The topological polar surface area (TPSA) is 52.6 Å². The summed E-state index contributed by atoms with van der Waals surface area (Å²) in [6, 6.07) is 8.08. The lowest BCUT2D eigenvalue weighted by Crippen LogP contribution is -2.31. The highest BCUT2D eigenvalue weighted by Gasteiger charge is 2.34. The number of hydrogen-bond donors (Lipinski definition) is 0. The Labute approximate surface area is 200 Å². The van der Waals surface area contributed by atoms with Gasteiger partial charge < -0.3 is 9.47 Å². The Morgan fingerprint density at radius 1 is 0.879 bits per heavy atom. The van der Waals surface area contributed by atoms with E-state index in [4.69, 9.17) is 9.47 Å². The zero-order valence-electron chi connectivity index (χ0n) is 20.6. The Hall–Kier alpha value is -2.10. The van der Waals surface area contributed by atoms with Gasteiger partial charge in [-0.2, -0.15) is 0 Å². The quantitative estimate of drug-likeness (QED) is 0.162. The Bertz CT molecular complexity index is 750. The second kappa shape index (κ2) is 13.6. The molecule has 0 atom stereocenters. The normalized spacial score (nSPS) is 25.6. The van der Waals surface area contributed by atoms with Gasteiger partial charge in [-0.1, -0.05) is 44.4 Å². The minimum atomic E-state index is -0.221. The van der Waals surface area contributed by atoms with Crippen LogP contribution in [0.2, 0.25) is 0 Å². The third kappa shape index (κ3) is 8.32. The first kappa shape index (κ1) is 25.5. The zero-order chi connectivity index (χ0) is 23.5. The molecule has 0 bridgehead atoms. The number of rotatable bonds is 10. The number of ether oxygens (including phenoxy) is 2. The van der Waals surface area contributed by atoms with E-state index in [-0.39, 0.29) is 24.0 Å². The van der Waals surface area contributed by atoms with Crippen LogP contribution in [0.5, 0.6) is 5.75 Å². The Balaban J connectivity index is 1.36. The van der Waals surface area contributed by atoms with Crippen molar-refractivity contribution < 1.29 is 19.1 Å². The van der Waals surface area contributed by atoms with Crippen molar-refractivity contribution in [2.24, 2.45) is 17.8 Å². The molecule has 2 saturated carbocycles. The molecule has 0 saturated heterocycles. The highest BCUT2D eigenvalue weighted by Crippen LogP contribution is 2.41. The molecule has 4 heteroatoms. The number of esters is 2. The van der Waals surface area contributed by atoms with Gasteiger partial charge in [-0.25, -0.2) is 4.79 Å². The van der Waals surface area contributed by atoms with Crippen LogP contribution in [-0.4, -0.2) is 18.0 Å². The van der Waals surface area contributed by atoms with Crippen molar-refractivity contribution >= 4 is 11.9 Å². The molecule has 0 spiro atoms. The van der Waals surface area contributed by atoms with E-state index < -0.39 is 0 Å². The lowest BCUT2D eigenvalue weighted by Gasteiger charge is -2.37. The summed E-state index contributed by atoms with van der Waals surface area (Å²) < 4.78 is 11.2. The van der Waals surface area contributed by atoms with Gasteiger partial charge in [0.2, 0.25) is 0 Å². The molecule has 1 aromatic rings. The summed E-state index contributed by atoms with van der Waals surface area (Å²) in [6.45, 7) is 4.06. The number of carbonyl (C=O) groups excluding carboxylic acids is 2. The van der Waals surface area contributed by atoms with Crippen LogP contribution < -0.4 is 4.74 Å². The van der Waals surface area contributed by atoms with Crippen molar-refractivity contribution in [2.75, 3.05) is 0 Å². The minimum Gasteiger partial charge on any atom is -0.459 e. The fourth-order valence-electron chi connectivity index (χ4n) is 5.52. The Morgan fingerprint density at radius 2 is 1.52 bits per heavy atom. The molecule has 2 fully saturated rings. The van der Waals surface area contributed by atoms with Crippen LogP contribution >= 0.6 is 0 Å². The largest absolute Gasteiger partial charge is 0.459 e. The summed E-state index contributed by atoms with van der Waals surface area (Å²) in [6.07, 6.45) is 17.7. The van der Waals surface area contributed by atoms with Gasteiger partial charge in [-0.3, -0.25) is 4.79 Å². The van der Waals surface area contributed by atoms with E-state index in [1.165, 1.54) is 37.3 Å². The summed E-state index contributed by atoms with van der Waals surface area (Å²) in [5.74, 6) is 1.79. The van der Waals surface area contributed by atoms with Crippen molar-refractivity contribution in [1.82, 2.24) is 0 Å². The van der Waals surface area contributed by atoms with Gasteiger partial charge in [0.15, 0.2) is 0 Å².